The number of amides is 1. The van der Waals surface area contributed by atoms with Crippen LogP contribution in [0.5, 0.6) is 0 Å². The van der Waals surface area contributed by atoms with E-state index in [0.717, 1.165) is 24.8 Å². The number of carbonyl (C=O) groups is 1. The van der Waals surface area contributed by atoms with Crippen LogP contribution < -0.4 is 5.73 Å². The van der Waals surface area contributed by atoms with E-state index in [2.05, 4.69) is 6.08 Å². The highest BCUT2D eigenvalue weighted by Gasteiger charge is 2.04. The summed E-state index contributed by atoms with van der Waals surface area (Å²) in [5.41, 5.74) is 6.23. The first-order valence-corrected chi connectivity index (χ1v) is 6.79. The molecule has 0 aromatic carbocycles. The number of allylic oxidation sites excluding steroid dienone is 1. The molecule has 1 aliphatic rings. The summed E-state index contributed by atoms with van der Waals surface area (Å²) < 4.78 is 0. The van der Waals surface area contributed by atoms with E-state index in [9.17, 15) is 4.79 Å². The van der Waals surface area contributed by atoms with Crippen molar-refractivity contribution < 1.29 is 4.79 Å². The third-order valence-corrected chi connectivity index (χ3v) is 3.36. The van der Waals surface area contributed by atoms with Crippen LogP contribution in [-0.2, 0) is 4.79 Å². The minimum Gasteiger partial charge on any atom is -0.366 e. The van der Waals surface area contributed by atoms with Gasteiger partial charge in [0.05, 0.1) is 0 Å². The number of hydrogen-bond donors (Lipinski definition) is 1. The first-order valence-electron chi connectivity index (χ1n) is 6.79. The van der Waals surface area contributed by atoms with Crippen molar-refractivity contribution in [3.8, 4) is 0 Å². The molecule has 1 amide bonds. The Morgan fingerprint density at radius 1 is 0.875 bits per heavy atom. The molecule has 0 unspecified atom stereocenters. The summed E-state index contributed by atoms with van der Waals surface area (Å²) in [7, 11) is 0. The zero-order valence-corrected chi connectivity index (χ0v) is 10.3. The molecular formula is C14H25NO. The number of hydrogen-bond acceptors (Lipinski definition) is 1. The Labute approximate surface area is 99.3 Å². The Balaban J connectivity index is 2.40. The largest absolute Gasteiger partial charge is 0.366 e. The molecule has 16 heavy (non-hydrogen) atoms. The second kappa shape index (κ2) is 8.37. The summed E-state index contributed by atoms with van der Waals surface area (Å²) in [4.78, 5) is 11.2. The van der Waals surface area contributed by atoms with E-state index in [1.54, 1.807) is 0 Å². The van der Waals surface area contributed by atoms with Crippen molar-refractivity contribution in [2.24, 2.45) is 5.73 Å². The summed E-state index contributed by atoms with van der Waals surface area (Å²) in [6, 6.07) is 0. The van der Waals surface area contributed by atoms with Crippen LogP contribution in [0.4, 0.5) is 0 Å². The van der Waals surface area contributed by atoms with E-state index in [4.69, 9.17) is 5.73 Å². The maximum atomic E-state index is 11.2. The summed E-state index contributed by atoms with van der Waals surface area (Å²) in [6.07, 6.45) is 15.6. The van der Waals surface area contributed by atoms with Crippen LogP contribution in [0, 0.1) is 0 Å². The van der Waals surface area contributed by atoms with Gasteiger partial charge in [-0.2, -0.15) is 0 Å². The van der Waals surface area contributed by atoms with Crippen LogP contribution >= 0.6 is 0 Å². The van der Waals surface area contributed by atoms with Crippen LogP contribution in [-0.4, -0.2) is 5.91 Å². The standard InChI is InChI=1S/C14H25NO/c15-14(16)13-11-9-7-5-3-1-2-4-6-8-10-12-13/h11H,1-10,12H2,(H2,15,16). The van der Waals surface area contributed by atoms with Crippen molar-refractivity contribution >= 4 is 5.91 Å². The Hall–Kier alpha value is -0.790. The second-order valence-corrected chi connectivity index (χ2v) is 4.81. The Kier molecular flexibility index (Phi) is 6.95. The maximum Gasteiger partial charge on any atom is 0.244 e. The third kappa shape index (κ3) is 5.94. The van der Waals surface area contributed by atoms with Crippen LogP contribution in [0.1, 0.15) is 70.6 Å². The van der Waals surface area contributed by atoms with Gasteiger partial charge in [-0.05, 0) is 25.7 Å². The molecule has 0 saturated carbocycles. The van der Waals surface area contributed by atoms with E-state index in [1.165, 1.54) is 51.4 Å². The topological polar surface area (TPSA) is 43.1 Å². The van der Waals surface area contributed by atoms with Gasteiger partial charge in [0.1, 0.15) is 0 Å². The lowest BCUT2D eigenvalue weighted by Crippen LogP contribution is -2.14. The predicted molar refractivity (Wildman–Crippen MR) is 68.1 cm³/mol. The fourth-order valence-electron chi connectivity index (χ4n) is 2.30. The van der Waals surface area contributed by atoms with Crippen LogP contribution in [0.2, 0.25) is 0 Å². The number of carbonyl (C=O) groups excluding carboxylic acids is 1. The fraction of sp³-hybridized carbons (Fsp3) is 0.786. The van der Waals surface area contributed by atoms with Gasteiger partial charge >= 0.3 is 0 Å². The summed E-state index contributed by atoms with van der Waals surface area (Å²) in [6.45, 7) is 0. The molecule has 0 aromatic heterocycles. The SMILES string of the molecule is NC(=O)C1=CCCCCCCCCCCC1. The van der Waals surface area contributed by atoms with Crippen molar-refractivity contribution in [2.75, 3.05) is 0 Å². The van der Waals surface area contributed by atoms with Gasteiger partial charge in [-0.3, -0.25) is 4.79 Å². The molecule has 0 atom stereocenters. The van der Waals surface area contributed by atoms with Gasteiger partial charge in [0.2, 0.25) is 5.91 Å². The smallest absolute Gasteiger partial charge is 0.244 e. The Morgan fingerprint density at radius 2 is 1.38 bits per heavy atom. The first kappa shape index (κ1) is 13.3. The van der Waals surface area contributed by atoms with E-state index >= 15 is 0 Å². The molecular weight excluding hydrogens is 198 g/mol. The zero-order chi connectivity index (χ0) is 11.6. The van der Waals surface area contributed by atoms with E-state index in [-0.39, 0.29) is 5.91 Å². The van der Waals surface area contributed by atoms with Gasteiger partial charge in [0.15, 0.2) is 0 Å². The maximum absolute atomic E-state index is 11.2. The van der Waals surface area contributed by atoms with Crippen LogP contribution in [0.15, 0.2) is 11.6 Å². The molecule has 1 aliphatic carbocycles. The fourth-order valence-corrected chi connectivity index (χ4v) is 2.30. The van der Waals surface area contributed by atoms with Crippen molar-refractivity contribution in [2.45, 2.75) is 70.6 Å². The Bertz CT molecular complexity index is 233. The molecule has 0 fully saturated rings. The van der Waals surface area contributed by atoms with Gasteiger partial charge in [-0.15, -0.1) is 0 Å². The minimum atomic E-state index is -0.213. The lowest BCUT2D eigenvalue weighted by atomic mass is 10.0. The van der Waals surface area contributed by atoms with E-state index in [0.29, 0.717) is 0 Å². The lowest BCUT2D eigenvalue weighted by molar-refractivity contribution is -0.114. The molecule has 0 radical (unpaired) electrons. The highest BCUT2D eigenvalue weighted by atomic mass is 16.1. The molecule has 0 spiro atoms. The molecule has 2 N–H and O–H groups in total. The van der Waals surface area contributed by atoms with Crippen molar-refractivity contribution in [1.82, 2.24) is 0 Å². The minimum absolute atomic E-state index is 0.213. The van der Waals surface area contributed by atoms with Gasteiger partial charge < -0.3 is 5.73 Å². The zero-order valence-electron chi connectivity index (χ0n) is 10.3. The average Bonchev–Trinajstić information content (AvgIpc) is 2.28. The molecule has 2 nitrogen and oxygen atoms in total. The van der Waals surface area contributed by atoms with Crippen molar-refractivity contribution in [3.05, 3.63) is 11.6 Å². The molecule has 0 bridgehead atoms. The first-order chi connectivity index (χ1) is 7.80. The molecule has 0 heterocycles. The molecule has 2 heteroatoms. The molecule has 0 saturated heterocycles. The van der Waals surface area contributed by atoms with Crippen LogP contribution in [0.25, 0.3) is 0 Å². The Morgan fingerprint density at radius 3 is 1.94 bits per heavy atom. The summed E-state index contributed by atoms with van der Waals surface area (Å²) in [5, 5.41) is 0. The number of primary amides is 1. The quantitative estimate of drug-likeness (QED) is 0.723. The predicted octanol–water partition coefficient (Wildman–Crippen LogP) is 3.70. The molecule has 0 aliphatic heterocycles. The van der Waals surface area contributed by atoms with Gasteiger partial charge in [-0.25, -0.2) is 0 Å². The number of rotatable bonds is 1. The highest BCUT2D eigenvalue weighted by Crippen LogP contribution is 2.16. The average molecular weight is 223 g/mol. The van der Waals surface area contributed by atoms with Gasteiger partial charge in [0.25, 0.3) is 0 Å². The summed E-state index contributed by atoms with van der Waals surface area (Å²) in [5.74, 6) is -0.213. The van der Waals surface area contributed by atoms with Crippen LogP contribution in [0.3, 0.4) is 0 Å². The monoisotopic (exact) mass is 223 g/mol. The van der Waals surface area contributed by atoms with Gasteiger partial charge in [0, 0.05) is 5.57 Å². The highest BCUT2D eigenvalue weighted by molar-refractivity contribution is 5.91. The van der Waals surface area contributed by atoms with Gasteiger partial charge in [-0.1, -0.05) is 51.0 Å². The third-order valence-electron chi connectivity index (χ3n) is 3.36. The molecule has 92 valence electrons. The van der Waals surface area contributed by atoms with E-state index < -0.39 is 0 Å². The van der Waals surface area contributed by atoms with Crippen molar-refractivity contribution in [3.63, 3.8) is 0 Å². The normalized spacial score (nSPS) is 21.1. The molecule has 1 rings (SSSR count). The molecule has 0 aromatic rings. The number of nitrogens with two attached hydrogens (primary N) is 1. The summed E-state index contributed by atoms with van der Waals surface area (Å²) >= 11 is 0. The second-order valence-electron chi connectivity index (χ2n) is 4.81. The van der Waals surface area contributed by atoms with E-state index in [1.807, 2.05) is 0 Å². The van der Waals surface area contributed by atoms with Crippen molar-refractivity contribution in [1.29, 1.82) is 0 Å². The lowest BCUT2D eigenvalue weighted by Gasteiger charge is -2.03.